The number of aromatic nitrogens is 2. The number of aliphatic carboxylic acids is 1. The number of aliphatic hydroxyl groups is 1. The zero-order chi connectivity index (χ0) is 26.1. The molecule has 0 fully saturated rings. The van der Waals surface area contributed by atoms with Crippen molar-refractivity contribution in [2.45, 2.75) is 25.6 Å². The number of carbonyl (C=O) groups is 1. The SMILES string of the molecule is CC(C)(O)c1cn(-c2ccc(-c3ccc(C=CC(=O)O)cc3)cc2)c(-c2ccccc2C(F)(F)F)n1. The van der Waals surface area contributed by atoms with E-state index in [1.807, 2.05) is 24.3 Å². The zero-order valence-electron chi connectivity index (χ0n) is 19.5. The summed E-state index contributed by atoms with van der Waals surface area (Å²) in [5, 5.41) is 19.3. The second-order valence-electron chi connectivity index (χ2n) is 8.76. The smallest absolute Gasteiger partial charge is 0.417 e. The Bertz CT molecular complexity index is 1410. The molecule has 1 heterocycles. The Balaban J connectivity index is 1.75. The number of benzene rings is 3. The van der Waals surface area contributed by atoms with Crippen molar-refractivity contribution in [2.24, 2.45) is 0 Å². The van der Waals surface area contributed by atoms with Crippen molar-refractivity contribution < 1.29 is 28.2 Å². The maximum absolute atomic E-state index is 13.7. The van der Waals surface area contributed by atoms with Crippen molar-refractivity contribution in [3.05, 3.63) is 102 Å². The van der Waals surface area contributed by atoms with Crippen molar-refractivity contribution in [2.75, 3.05) is 0 Å². The first kappa shape index (κ1) is 24.9. The Morgan fingerprint density at radius 1 is 0.917 bits per heavy atom. The molecule has 4 aromatic rings. The summed E-state index contributed by atoms with van der Waals surface area (Å²) in [4.78, 5) is 15.1. The third-order valence-electron chi connectivity index (χ3n) is 5.61. The van der Waals surface area contributed by atoms with Gasteiger partial charge in [0, 0.05) is 23.5 Å². The van der Waals surface area contributed by atoms with Gasteiger partial charge in [-0.1, -0.05) is 54.6 Å². The fraction of sp³-hybridized carbons (Fsp3) is 0.143. The van der Waals surface area contributed by atoms with Crippen LogP contribution in [0.25, 0.3) is 34.3 Å². The lowest BCUT2D eigenvalue weighted by Gasteiger charge is -2.14. The molecule has 2 N–H and O–H groups in total. The van der Waals surface area contributed by atoms with Gasteiger partial charge in [0.05, 0.1) is 11.3 Å². The predicted octanol–water partition coefficient (Wildman–Crippen LogP) is 6.55. The molecule has 0 bridgehead atoms. The Morgan fingerprint density at radius 2 is 1.50 bits per heavy atom. The second kappa shape index (κ2) is 9.47. The second-order valence-corrected chi connectivity index (χ2v) is 8.76. The minimum absolute atomic E-state index is 0.0716. The third kappa shape index (κ3) is 5.39. The van der Waals surface area contributed by atoms with Crippen LogP contribution in [-0.4, -0.2) is 25.7 Å². The van der Waals surface area contributed by atoms with Gasteiger partial charge in [-0.05, 0) is 54.8 Å². The van der Waals surface area contributed by atoms with Crippen LogP contribution in [0, 0.1) is 0 Å². The summed E-state index contributed by atoms with van der Waals surface area (Å²) in [7, 11) is 0. The van der Waals surface area contributed by atoms with Crippen molar-refractivity contribution in [3.63, 3.8) is 0 Å². The molecule has 0 saturated heterocycles. The number of carboxylic acids is 1. The summed E-state index contributed by atoms with van der Waals surface area (Å²) in [5.41, 5.74) is 1.06. The molecule has 0 unspecified atom stereocenters. The quantitative estimate of drug-likeness (QED) is 0.299. The van der Waals surface area contributed by atoms with Crippen molar-refractivity contribution in [1.29, 1.82) is 0 Å². The number of carboxylic acid groups (broad SMARTS) is 1. The molecule has 0 atom stereocenters. The molecule has 4 rings (SSSR count). The normalized spacial score (nSPS) is 12.3. The highest BCUT2D eigenvalue weighted by atomic mass is 19.4. The monoisotopic (exact) mass is 492 g/mol. The van der Waals surface area contributed by atoms with Gasteiger partial charge in [0.2, 0.25) is 0 Å². The molecule has 0 aliphatic rings. The van der Waals surface area contributed by atoms with Crippen molar-refractivity contribution in [1.82, 2.24) is 9.55 Å². The minimum atomic E-state index is -4.57. The summed E-state index contributed by atoms with van der Waals surface area (Å²) < 4.78 is 42.8. The van der Waals surface area contributed by atoms with Crippen LogP contribution in [-0.2, 0) is 16.6 Å². The summed E-state index contributed by atoms with van der Waals surface area (Å²) in [6.07, 6.45) is -0.473. The van der Waals surface area contributed by atoms with E-state index in [4.69, 9.17) is 5.11 Å². The lowest BCUT2D eigenvalue weighted by atomic mass is 10.0. The maximum atomic E-state index is 13.7. The Morgan fingerprint density at radius 3 is 2.06 bits per heavy atom. The van der Waals surface area contributed by atoms with Crippen molar-refractivity contribution >= 4 is 12.0 Å². The van der Waals surface area contributed by atoms with Crippen LogP contribution in [0.5, 0.6) is 0 Å². The zero-order valence-corrected chi connectivity index (χ0v) is 19.5. The minimum Gasteiger partial charge on any atom is -0.478 e. The van der Waals surface area contributed by atoms with Crippen LogP contribution in [0.2, 0.25) is 0 Å². The van der Waals surface area contributed by atoms with Crippen LogP contribution in [0.15, 0.2) is 85.1 Å². The molecule has 0 aliphatic carbocycles. The van der Waals surface area contributed by atoms with E-state index in [9.17, 15) is 23.1 Å². The number of halogens is 3. The average molecular weight is 492 g/mol. The number of alkyl halides is 3. The molecular weight excluding hydrogens is 469 g/mol. The van der Waals surface area contributed by atoms with Gasteiger partial charge in [0.1, 0.15) is 11.4 Å². The van der Waals surface area contributed by atoms with Gasteiger partial charge in [-0.3, -0.25) is 4.57 Å². The van der Waals surface area contributed by atoms with E-state index in [0.29, 0.717) is 5.69 Å². The molecule has 5 nitrogen and oxygen atoms in total. The molecular formula is C28H23F3N2O3. The molecule has 0 spiro atoms. The lowest BCUT2D eigenvalue weighted by Crippen LogP contribution is -2.15. The number of hydrogen-bond acceptors (Lipinski definition) is 3. The number of imidazole rings is 1. The van der Waals surface area contributed by atoms with Gasteiger partial charge >= 0.3 is 12.1 Å². The first-order chi connectivity index (χ1) is 16.9. The van der Waals surface area contributed by atoms with Crippen LogP contribution >= 0.6 is 0 Å². The Kier molecular flexibility index (Phi) is 6.56. The van der Waals surface area contributed by atoms with Gasteiger partial charge in [0.25, 0.3) is 0 Å². The standard InChI is InChI=1S/C28H23F3N2O3/c1-27(2,36)24-17-33(26(32-24)22-5-3-4-6-23(22)28(29,30)31)21-14-12-20(13-15-21)19-10-7-18(8-11-19)9-16-25(34)35/h3-17,36H,1-2H3,(H,34,35). The molecule has 36 heavy (non-hydrogen) atoms. The topological polar surface area (TPSA) is 75.4 Å². The Labute approximate surface area is 205 Å². The molecule has 0 amide bonds. The highest BCUT2D eigenvalue weighted by Crippen LogP contribution is 2.38. The van der Waals surface area contributed by atoms with Crippen LogP contribution in [0.4, 0.5) is 13.2 Å². The average Bonchev–Trinajstić information content (AvgIpc) is 3.29. The predicted molar refractivity (Wildman–Crippen MR) is 131 cm³/mol. The van der Waals surface area contributed by atoms with Gasteiger partial charge < -0.3 is 10.2 Å². The Hall–Kier alpha value is -4.17. The fourth-order valence-electron chi connectivity index (χ4n) is 3.76. The number of rotatable bonds is 6. The molecule has 0 aliphatic heterocycles. The van der Waals surface area contributed by atoms with Crippen molar-refractivity contribution in [3.8, 4) is 28.2 Å². The lowest BCUT2D eigenvalue weighted by molar-refractivity contribution is -0.137. The molecule has 8 heteroatoms. The molecule has 0 radical (unpaired) electrons. The molecule has 3 aromatic carbocycles. The van der Waals surface area contributed by atoms with Crippen LogP contribution < -0.4 is 0 Å². The van der Waals surface area contributed by atoms with Gasteiger partial charge in [0.15, 0.2) is 0 Å². The fourth-order valence-corrected chi connectivity index (χ4v) is 3.76. The van der Waals surface area contributed by atoms with Crippen LogP contribution in [0.1, 0.15) is 30.7 Å². The summed E-state index contributed by atoms with van der Waals surface area (Å²) in [6.45, 7) is 3.05. The van der Waals surface area contributed by atoms with E-state index >= 15 is 0 Å². The summed E-state index contributed by atoms with van der Waals surface area (Å²) >= 11 is 0. The number of nitrogens with zero attached hydrogens (tertiary/aromatic N) is 2. The molecule has 184 valence electrons. The summed E-state index contributed by atoms with van der Waals surface area (Å²) in [6, 6.07) is 19.7. The van der Waals surface area contributed by atoms with Crippen LogP contribution in [0.3, 0.4) is 0 Å². The van der Waals surface area contributed by atoms with E-state index in [1.165, 1.54) is 38.1 Å². The summed E-state index contributed by atoms with van der Waals surface area (Å²) in [5.74, 6) is -0.957. The highest BCUT2D eigenvalue weighted by molar-refractivity contribution is 5.85. The van der Waals surface area contributed by atoms with E-state index in [2.05, 4.69) is 4.98 Å². The van der Waals surface area contributed by atoms with E-state index < -0.39 is 23.3 Å². The largest absolute Gasteiger partial charge is 0.478 e. The highest BCUT2D eigenvalue weighted by Gasteiger charge is 2.35. The molecule has 1 aromatic heterocycles. The van der Waals surface area contributed by atoms with Gasteiger partial charge in [-0.25, -0.2) is 9.78 Å². The van der Waals surface area contributed by atoms with E-state index in [-0.39, 0.29) is 17.1 Å². The first-order valence-electron chi connectivity index (χ1n) is 11.0. The first-order valence-corrected chi connectivity index (χ1v) is 11.0. The maximum Gasteiger partial charge on any atom is 0.417 e. The number of hydrogen-bond donors (Lipinski definition) is 2. The van der Waals surface area contributed by atoms with E-state index in [0.717, 1.165) is 28.8 Å². The third-order valence-corrected chi connectivity index (χ3v) is 5.61. The van der Waals surface area contributed by atoms with E-state index in [1.54, 1.807) is 35.0 Å². The molecule has 0 saturated carbocycles. The van der Waals surface area contributed by atoms with Gasteiger partial charge in [-0.15, -0.1) is 0 Å². The van der Waals surface area contributed by atoms with Gasteiger partial charge in [-0.2, -0.15) is 13.2 Å².